The number of esters is 1. The Balaban J connectivity index is 2.29. The molecule has 1 atom stereocenters. The van der Waals surface area contributed by atoms with Gasteiger partial charge in [0, 0.05) is 12.1 Å². The summed E-state index contributed by atoms with van der Waals surface area (Å²) < 4.78 is 4.61. The first-order valence-corrected chi connectivity index (χ1v) is 5.99. The monoisotopic (exact) mass is 223 g/mol. The Hall–Kier alpha value is -1.12. The Morgan fingerprint density at radius 2 is 2.50 bits per heavy atom. The molecule has 3 heteroatoms. The first-order valence-electron chi connectivity index (χ1n) is 5.99. The molecule has 0 saturated heterocycles. The highest BCUT2D eigenvalue weighted by molar-refractivity contribution is 5.85. The average Bonchev–Trinajstić information content (AvgIpc) is 2.30. The Bertz CT molecular complexity index is 271. The second kappa shape index (κ2) is 7.20. The molecule has 0 saturated carbocycles. The molecule has 0 spiro atoms. The Labute approximate surface area is 97.6 Å². The van der Waals surface area contributed by atoms with Gasteiger partial charge in [-0.15, -0.1) is 6.58 Å². The molecule has 16 heavy (non-hydrogen) atoms. The van der Waals surface area contributed by atoms with Crippen LogP contribution in [0.25, 0.3) is 0 Å². The highest BCUT2D eigenvalue weighted by atomic mass is 16.5. The number of methoxy groups -OCH3 is 1. The molecule has 3 nitrogen and oxygen atoms in total. The van der Waals surface area contributed by atoms with Gasteiger partial charge in [-0.2, -0.15) is 0 Å². The van der Waals surface area contributed by atoms with Crippen molar-refractivity contribution in [2.24, 2.45) is 4.99 Å². The van der Waals surface area contributed by atoms with Crippen molar-refractivity contribution >= 4 is 11.7 Å². The van der Waals surface area contributed by atoms with Crippen LogP contribution in [0.15, 0.2) is 17.6 Å². The highest BCUT2D eigenvalue weighted by Crippen LogP contribution is 2.19. The van der Waals surface area contributed by atoms with Gasteiger partial charge in [-0.05, 0) is 38.5 Å². The van der Waals surface area contributed by atoms with Crippen LogP contribution >= 0.6 is 0 Å². The summed E-state index contributed by atoms with van der Waals surface area (Å²) in [7, 11) is 1.43. The molecule has 0 bridgehead atoms. The van der Waals surface area contributed by atoms with E-state index in [9.17, 15) is 4.79 Å². The van der Waals surface area contributed by atoms with Crippen molar-refractivity contribution in [3.8, 4) is 0 Å². The predicted molar refractivity (Wildman–Crippen MR) is 65.8 cm³/mol. The SMILES string of the molecule is C=CCC1CCCC(CCCC(=O)OC)=N1. The van der Waals surface area contributed by atoms with Crippen LogP contribution in [0, 0.1) is 0 Å². The molecule has 0 aromatic carbocycles. The molecular formula is C13H21NO2. The second-order valence-electron chi connectivity index (χ2n) is 4.20. The highest BCUT2D eigenvalue weighted by Gasteiger charge is 2.13. The molecule has 0 amide bonds. The predicted octanol–water partition coefficient (Wildman–Crippen LogP) is 2.90. The standard InChI is InChI=1S/C13H21NO2/c1-3-6-11-7-4-8-12(14-11)9-5-10-13(15)16-2/h3,11H,1,4-10H2,2H3. The Morgan fingerprint density at radius 3 is 3.19 bits per heavy atom. The van der Waals surface area contributed by atoms with E-state index in [1.165, 1.54) is 25.7 Å². The van der Waals surface area contributed by atoms with Gasteiger partial charge < -0.3 is 4.74 Å². The van der Waals surface area contributed by atoms with Crippen molar-refractivity contribution in [3.05, 3.63) is 12.7 Å². The van der Waals surface area contributed by atoms with Crippen LogP contribution in [0.4, 0.5) is 0 Å². The second-order valence-corrected chi connectivity index (χ2v) is 4.20. The number of hydrogen-bond acceptors (Lipinski definition) is 3. The third-order valence-corrected chi connectivity index (χ3v) is 2.88. The molecule has 1 aliphatic rings. The topological polar surface area (TPSA) is 38.7 Å². The van der Waals surface area contributed by atoms with E-state index in [1.807, 2.05) is 6.08 Å². The average molecular weight is 223 g/mol. The quantitative estimate of drug-likeness (QED) is 0.513. The van der Waals surface area contributed by atoms with Gasteiger partial charge in [0.25, 0.3) is 0 Å². The fourth-order valence-corrected chi connectivity index (χ4v) is 2.02. The largest absolute Gasteiger partial charge is 0.469 e. The minimum atomic E-state index is -0.126. The minimum absolute atomic E-state index is 0.126. The maximum Gasteiger partial charge on any atom is 0.305 e. The number of carbonyl (C=O) groups excluding carboxylic acids is 1. The van der Waals surface area contributed by atoms with Crippen LogP contribution in [0.5, 0.6) is 0 Å². The maximum atomic E-state index is 10.9. The first-order chi connectivity index (χ1) is 7.76. The lowest BCUT2D eigenvalue weighted by Crippen LogP contribution is -2.15. The third-order valence-electron chi connectivity index (χ3n) is 2.88. The fraction of sp³-hybridized carbons (Fsp3) is 0.692. The van der Waals surface area contributed by atoms with E-state index in [2.05, 4.69) is 16.3 Å². The summed E-state index contributed by atoms with van der Waals surface area (Å²) in [5.41, 5.74) is 1.27. The van der Waals surface area contributed by atoms with E-state index in [-0.39, 0.29) is 5.97 Å². The van der Waals surface area contributed by atoms with E-state index in [1.54, 1.807) is 0 Å². The van der Waals surface area contributed by atoms with Crippen LogP contribution in [-0.2, 0) is 9.53 Å². The van der Waals surface area contributed by atoms with Gasteiger partial charge in [-0.1, -0.05) is 6.08 Å². The zero-order valence-electron chi connectivity index (χ0n) is 10.1. The van der Waals surface area contributed by atoms with Crippen LogP contribution in [-0.4, -0.2) is 24.8 Å². The van der Waals surface area contributed by atoms with Gasteiger partial charge in [0.1, 0.15) is 0 Å². The molecule has 1 aliphatic heterocycles. The van der Waals surface area contributed by atoms with Gasteiger partial charge >= 0.3 is 5.97 Å². The van der Waals surface area contributed by atoms with Crippen molar-refractivity contribution in [3.63, 3.8) is 0 Å². The number of ether oxygens (including phenoxy) is 1. The van der Waals surface area contributed by atoms with Crippen LogP contribution in [0.3, 0.4) is 0 Å². The van der Waals surface area contributed by atoms with Crippen molar-refractivity contribution in [2.75, 3.05) is 7.11 Å². The number of hydrogen-bond donors (Lipinski definition) is 0. The molecule has 0 aromatic heterocycles. The molecule has 0 aliphatic carbocycles. The van der Waals surface area contributed by atoms with Crippen LogP contribution in [0.1, 0.15) is 44.9 Å². The summed E-state index contributed by atoms with van der Waals surface area (Å²) in [5.74, 6) is -0.126. The lowest BCUT2D eigenvalue weighted by molar-refractivity contribution is -0.140. The summed E-state index contributed by atoms with van der Waals surface area (Å²) in [6.45, 7) is 3.75. The number of carbonyl (C=O) groups is 1. The van der Waals surface area contributed by atoms with E-state index >= 15 is 0 Å². The van der Waals surface area contributed by atoms with Gasteiger partial charge in [-0.25, -0.2) is 0 Å². The van der Waals surface area contributed by atoms with Gasteiger partial charge in [0.2, 0.25) is 0 Å². The van der Waals surface area contributed by atoms with Crippen molar-refractivity contribution in [1.82, 2.24) is 0 Å². The summed E-state index contributed by atoms with van der Waals surface area (Å²) in [5, 5.41) is 0. The van der Waals surface area contributed by atoms with Crippen LogP contribution in [0.2, 0.25) is 0 Å². The summed E-state index contributed by atoms with van der Waals surface area (Å²) in [4.78, 5) is 15.6. The molecule has 0 radical (unpaired) electrons. The number of aliphatic imine (C=N–C) groups is 1. The van der Waals surface area contributed by atoms with Crippen LogP contribution < -0.4 is 0 Å². The summed E-state index contributed by atoms with van der Waals surface area (Å²) in [6, 6.07) is 0.430. The van der Waals surface area contributed by atoms with Crippen molar-refractivity contribution in [2.45, 2.75) is 51.0 Å². The molecule has 1 unspecified atom stereocenters. The molecular weight excluding hydrogens is 202 g/mol. The number of nitrogens with zero attached hydrogens (tertiary/aromatic N) is 1. The van der Waals surface area contributed by atoms with E-state index in [0.717, 1.165) is 25.7 Å². The third kappa shape index (κ3) is 4.60. The molecule has 1 heterocycles. The van der Waals surface area contributed by atoms with Crippen molar-refractivity contribution in [1.29, 1.82) is 0 Å². The first kappa shape index (κ1) is 12.9. The van der Waals surface area contributed by atoms with E-state index in [4.69, 9.17) is 0 Å². The smallest absolute Gasteiger partial charge is 0.305 e. The zero-order valence-corrected chi connectivity index (χ0v) is 10.1. The lowest BCUT2D eigenvalue weighted by atomic mass is 9.98. The van der Waals surface area contributed by atoms with Gasteiger partial charge in [-0.3, -0.25) is 9.79 Å². The normalized spacial score (nSPS) is 20.1. The zero-order chi connectivity index (χ0) is 11.8. The number of rotatable bonds is 6. The lowest BCUT2D eigenvalue weighted by Gasteiger charge is -2.19. The molecule has 0 N–H and O–H groups in total. The molecule has 0 fully saturated rings. The van der Waals surface area contributed by atoms with E-state index in [0.29, 0.717) is 12.5 Å². The maximum absolute atomic E-state index is 10.9. The Kier molecular flexibility index (Phi) is 5.83. The summed E-state index contributed by atoms with van der Waals surface area (Å²) >= 11 is 0. The molecule has 1 rings (SSSR count). The Morgan fingerprint density at radius 1 is 1.69 bits per heavy atom. The van der Waals surface area contributed by atoms with Gasteiger partial charge in [0.15, 0.2) is 0 Å². The molecule has 0 aromatic rings. The minimum Gasteiger partial charge on any atom is -0.469 e. The summed E-state index contributed by atoms with van der Waals surface area (Å²) in [6.07, 6.45) is 8.68. The molecule has 90 valence electrons. The van der Waals surface area contributed by atoms with Crippen molar-refractivity contribution < 1.29 is 9.53 Å². The fourth-order valence-electron chi connectivity index (χ4n) is 2.02. The van der Waals surface area contributed by atoms with E-state index < -0.39 is 0 Å². The van der Waals surface area contributed by atoms with Gasteiger partial charge in [0.05, 0.1) is 13.2 Å².